The van der Waals surface area contributed by atoms with E-state index in [2.05, 4.69) is 59.7 Å². The summed E-state index contributed by atoms with van der Waals surface area (Å²) >= 11 is 0. The SMILES string of the molecule is Cc1ccc([C@H]2c3[nH]c4ccccc4c3CCN2C(=O)Nc2ccc3c(c2)OCCO3)cc1. The largest absolute Gasteiger partial charge is 0.486 e. The molecule has 2 aliphatic heterocycles. The fourth-order valence-corrected chi connectivity index (χ4v) is 4.87. The van der Waals surface area contributed by atoms with Gasteiger partial charge in [-0.1, -0.05) is 48.0 Å². The van der Waals surface area contributed by atoms with Crippen LogP contribution in [0, 0.1) is 6.92 Å². The van der Waals surface area contributed by atoms with E-state index in [0.717, 1.165) is 23.2 Å². The van der Waals surface area contributed by atoms with Crippen LogP contribution in [0.1, 0.15) is 28.4 Å². The van der Waals surface area contributed by atoms with Crippen LogP contribution in [0.25, 0.3) is 10.9 Å². The van der Waals surface area contributed by atoms with Crippen LogP contribution in [-0.4, -0.2) is 35.7 Å². The van der Waals surface area contributed by atoms with Gasteiger partial charge in [-0.2, -0.15) is 0 Å². The van der Waals surface area contributed by atoms with Crippen molar-refractivity contribution < 1.29 is 14.3 Å². The van der Waals surface area contributed by atoms with Gasteiger partial charge in [-0.05, 0) is 42.7 Å². The number of para-hydroxylation sites is 1. The van der Waals surface area contributed by atoms with Crippen molar-refractivity contribution in [2.45, 2.75) is 19.4 Å². The van der Waals surface area contributed by atoms with Crippen LogP contribution in [0.4, 0.5) is 10.5 Å². The second-order valence-electron chi connectivity index (χ2n) is 8.61. The number of benzene rings is 3. The van der Waals surface area contributed by atoms with E-state index in [0.29, 0.717) is 36.9 Å². The minimum absolute atomic E-state index is 0.137. The maximum Gasteiger partial charge on any atom is 0.322 e. The number of nitrogens with zero attached hydrogens (tertiary/aromatic N) is 1. The van der Waals surface area contributed by atoms with Crippen molar-refractivity contribution in [3.63, 3.8) is 0 Å². The molecule has 2 N–H and O–H groups in total. The number of fused-ring (bicyclic) bond motifs is 4. The second kappa shape index (κ2) is 7.89. The lowest BCUT2D eigenvalue weighted by Gasteiger charge is -2.36. The zero-order valence-electron chi connectivity index (χ0n) is 18.4. The van der Waals surface area contributed by atoms with E-state index >= 15 is 0 Å². The summed E-state index contributed by atoms with van der Waals surface area (Å²) < 4.78 is 11.3. The number of aromatic nitrogens is 1. The highest BCUT2D eigenvalue weighted by Gasteiger charge is 2.34. The van der Waals surface area contributed by atoms with Crippen LogP contribution in [0.15, 0.2) is 66.7 Å². The van der Waals surface area contributed by atoms with Crippen molar-refractivity contribution in [3.05, 3.63) is 89.1 Å². The van der Waals surface area contributed by atoms with Gasteiger partial charge < -0.3 is 24.7 Å². The summed E-state index contributed by atoms with van der Waals surface area (Å²) in [6.45, 7) is 3.75. The first-order valence-electron chi connectivity index (χ1n) is 11.3. The monoisotopic (exact) mass is 439 g/mol. The van der Waals surface area contributed by atoms with E-state index < -0.39 is 0 Å². The first kappa shape index (κ1) is 19.7. The van der Waals surface area contributed by atoms with Crippen LogP contribution >= 0.6 is 0 Å². The number of aryl methyl sites for hydroxylation is 1. The molecule has 2 amide bonds. The maximum absolute atomic E-state index is 13.5. The minimum atomic E-state index is -0.195. The lowest BCUT2D eigenvalue weighted by Crippen LogP contribution is -2.43. The highest BCUT2D eigenvalue weighted by atomic mass is 16.6. The maximum atomic E-state index is 13.5. The molecule has 6 nitrogen and oxygen atoms in total. The van der Waals surface area contributed by atoms with Gasteiger partial charge in [0.15, 0.2) is 11.5 Å². The highest BCUT2D eigenvalue weighted by Crippen LogP contribution is 2.39. The number of urea groups is 1. The molecule has 4 aromatic rings. The molecule has 0 saturated heterocycles. The average Bonchev–Trinajstić information content (AvgIpc) is 3.23. The molecule has 0 saturated carbocycles. The summed E-state index contributed by atoms with van der Waals surface area (Å²) in [6.07, 6.45) is 0.802. The number of amides is 2. The number of ether oxygens (including phenoxy) is 2. The van der Waals surface area contributed by atoms with Crippen LogP contribution in [0.3, 0.4) is 0 Å². The fraction of sp³-hybridized carbons (Fsp3) is 0.222. The Balaban J connectivity index is 1.37. The molecular formula is C27H25N3O3. The van der Waals surface area contributed by atoms with Gasteiger partial charge in [0.2, 0.25) is 0 Å². The number of aromatic amines is 1. The van der Waals surface area contributed by atoms with Gasteiger partial charge in [0.05, 0.1) is 6.04 Å². The third kappa shape index (κ3) is 3.48. The van der Waals surface area contributed by atoms with Crippen molar-refractivity contribution in [2.24, 2.45) is 0 Å². The summed E-state index contributed by atoms with van der Waals surface area (Å²) in [5.74, 6) is 1.36. The molecule has 1 aromatic heterocycles. The molecule has 33 heavy (non-hydrogen) atoms. The Hall–Kier alpha value is -3.93. The summed E-state index contributed by atoms with van der Waals surface area (Å²) in [5.41, 5.74) is 6.45. The molecule has 0 bridgehead atoms. The molecule has 0 aliphatic carbocycles. The molecule has 1 atom stereocenters. The highest BCUT2D eigenvalue weighted by molar-refractivity contribution is 5.92. The van der Waals surface area contributed by atoms with Gasteiger partial charge in [-0.25, -0.2) is 4.79 Å². The number of hydrogen-bond donors (Lipinski definition) is 2. The van der Waals surface area contributed by atoms with Gasteiger partial charge in [-0.15, -0.1) is 0 Å². The number of nitrogens with one attached hydrogen (secondary N) is 2. The van der Waals surface area contributed by atoms with E-state index in [1.54, 1.807) is 0 Å². The van der Waals surface area contributed by atoms with Gasteiger partial charge in [-0.3, -0.25) is 0 Å². The summed E-state index contributed by atoms with van der Waals surface area (Å²) in [5, 5.41) is 4.31. The summed E-state index contributed by atoms with van der Waals surface area (Å²) in [6, 6.07) is 22.0. The third-order valence-electron chi connectivity index (χ3n) is 6.48. The van der Waals surface area contributed by atoms with Crippen molar-refractivity contribution in [1.82, 2.24) is 9.88 Å². The lowest BCUT2D eigenvalue weighted by molar-refractivity contribution is 0.171. The van der Waals surface area contributed by atoms with Crippen molar-refractivity contribution in [1.29, 1.82) is 0 Å². The molecule has 3 aromatic carbocycles. The Morgan fingerprint density at radius 2 is 1.79 bits per heavy atom. The standard InChI is InChI=1S/C27H25N3O3/c1-17-6-8-18(9-7-17)26-25-21(20-4-2-3-5-22(20)29-25)12-13-30(26)27(31)28-19-10-11-23-24(16-19)33-15-14-32-23/h2-11,16,26,29H,12-15H2,1H3,(H,28,31)/t26-/m0/s1. The van der Waals surface area contributed by atoms with Crippen LogP contribution in [-0.2, 0) is 6.42 Å². The first-order valence-corrected chi connectivity index (χ1v) is 11.3. The second-order valence-corrected chi connectivity index (χ2v) is 8.61. The Morgan fingerprint density at radius 1 is 1.00 bits per heavy atom. The molecule has 6 rings (SSSR count). The Morgan fingerprint density at radius 3 is 2.64 bits per heavy atom. The molecule has 0 spiro atoms. The van der Waals surface area contributed by atoms with Gasteiger partial charge >= 0.3 is 6.03 Å². The van der Waals surface area contributed by atoms with Gasteiger partial charge in [0.1, 0.15) is 13.2 Å². The van der Waals surface area contributed by atoms with Gasteiger partial charge in [0.25, 0.3) is 0 Å². The number of carbonyl (C=O) groups excluding carboxylic acids is 1. The van der Waals surface area contributed by atoms with E-state index in [1.807, 2.05) is 29.2 Å². The fourth-order valence-electron chi connectivity index (χ4n) is 4.87. The number of H-pyrrole nitrogens is 1. The molecule has 0 radical (unpaired) electrons. The zero-order chi connectivity index (χ0) is 22.4. The minimum Gasteiger partial charge on any atom is -0.486 e. The van der Waals surface area contributed by atoms with E-state index in [-0.39, 0.29) is 12.1 Å². The first-order chi connectivity index (χ1) is 16.2. The van der Waals surface area contributed by atoms with Crippen LogP contribution in [0.2, 0.25) is 0 Å². The van der Waals surface area contributed by atoms with E-state index in [1.165, 1.54) is 16.5 Å². The molecule has 3 heterocycles. The number of anilines is 1. The smallest absolute Gasteiger partial charge is 0.322 e. The predicted molar refractivity (Wildman–Crippen MR) is 128 cm³/mol. The number of carbonyl (C=O) groups is 1. The Kier molecular flexibility index (Phi) is 4.72. The normalized spacial score (nSPS) is 17.0. The zero-order valence-corrected chi connectivity index (χ0v) is 18.4. The van der Waals surface area contributed by atoms with Crippen LogP contribution in [0.5, 0.6) is 11.5 Å². The van der Waals surface area contributed by atoms with Crippen molar-refractivity contribution in [2.75, 3.05) is 25.1 Å². The molecule has 0 fully saturated rings. The topological polar surface area (TPSA) is 66.6 Å². The molecule has 166 valence electrons. The Labute approximate surface area is 192 Å². The molecule has 2 aliphatic rings. The number of rotatable bonds is 2. The van der Waals surface area contributed by atoms with Crippen molar-refractivity contribution in [3.8, 4) is 11.5 Å². The molecular weight excluding hydrogens is 414 g/mol. The third-order valence-corrected chi connectivity index (χ3v) is 6.48. The average molecular weight is 440 g/mol. The number of hydrogen-bond acceptors (Lipinski definition) is 3. The van der Waals surface area contributed by atoms with E-state index in [9.17, 15) is 4.79 Å². The van der Waals surface area contributed by atoms with E-state index in [4.69, 9.17) is 9.47 Å². The van der Waals surface area contributed by atoms with Gasteiger partial charge in [0, 0.05) is 34.9 Å². The van der Waals surface area contributed by atoms with Crippen LogP contribution < -0.4 is 14.8 Å². The molecule has 0 unspecified atom stereocenters. The summed E-state index contributed by atoms with van der Waals surface area (Å²) in [4.78, 5) is 19.1. The molecule has 6 heteroatoms. The summed E-state index contributed by atoms with van der Waals surface area (Å²) in [7, 11) is 0. The predicted octanol–water partition coefficient (Wildman–Crippen LogP) is 5.43. The van der Waals surface area contributed by atoms with Crippen molar-refractivity contribution >= 4 is 22.6 Å². The lowest BCUT2D eigenvalue weighted by atomic mass is 9.92. The Bertz CT molecular complexity index is 1340. The quantitative estimate of drug-likeness (QED) is 0.438.